The summed E-state index contributed by atoms with van der Waals surface area (Å²) in [5, 5.41) is 0. The van der Waals surface area contributed by atoms with E-state index in [1.165, 1.54) is 63.9 Å². The molecule has 1 saturated heterocycles. The van der Waals surface area contributed by atoms with Crippen LogP contribution in [0, 0.1) is 29.6 Å². The summed E-state index contributed by atoms with van der Waals surface area (Å²) in [5.41, 5.74) is 0. The Morgan fingerprint density at radius 3 is 1.93 bits per heavy atom. The van der Waals surface area contributed by atoms with Crippen molar-refractivity contribution in [2.75, 3.05) is 13.2 Å². The number of hydrogen-bond donors (Lipinski definition) is 0. The molecule has 4 heteroatoms. The van der Waals surface area contributed by atoms with Gasteiger partial charge in [0.1, 0.15) is 0 Å². The number of halogens is 2. The summed E-state index contributed by atoms with van der Waals surface area (Å²) >= 11 is 0. The highest BCUT2D eigenvalue weighted by Gasteiger charge is 2.31. The molecule has 0 atom stereocenters. The van der Waals surface area contributed by atoms with Crippen LogP contribution in [0.3, 0.4) is 0 Å². The minimum atomic E-state index is -1.49. The summed E-state index contributed by atoms with van der Waals surface area (Å²) in [4.78, 5) is 0. The van der Waals surface area contributed by atoms with Crippen molar-refractivity contribution < 1.29 is 18.3 Å². The fourth-order valence-corrected chi connectivity index (χ4v) is 5.86. The molecule has 2 nitrogen and oxygen atoms in total. The smallest absolute Gasteiger partial charge is 0.266 e. The molecule has 0 unspecified atom stereocenters. The molecule has 1 heterocycles. The summed E-state index contributed by atoms with van der Waals surface area (Å²) < 4.78 is 36.8. The van der Waals surface area contributed by atoms with Gasteiger partial charge in [-0.3, -0.25) is 0 Å². The van der Waals surface area contributed by atoms with E-state index in [-0.39, 0.29) is 12.2 Å². The zero-order valence-electron chi connectivity index (χ0n) is 18.4. The van der Waals surface area contributed by atoms with E-state index >= 15 is 0 Å². The first-order chi connectivity index (χ1) is 14.1. The fraction of sp³-hybridized carbons (Fsp3) is 0.920. The highest BCUT2D eigenvalue weighted by atomic mass is 19.3. The van der Waals surface area contributed by atoms with E-state index in [2.05, 4.69) is 6.92 Å². The topological polar surface area (TPSA) is 18.5 Å². The summed E-state index contributed by atoms with van der Waals surface area (Å²) in [7, 11) is 0. The van der Waals surface area contributed by atoms with E-state index in [1.54, 1.807) is 0 Å². The highest BCUT2D eigenvalue weighted by molar-refractivity contribution is 4.92. The SMILES string of the molecule is CCCCCC1OCC(CCC2CCC(C3CCC(C=C(F)F)CC3)CC2)CO1. The third-order valence-corrected chi connectivity index (χ3v) is 7.80. The van der Waals surface area contributed by atoms with Crippen molar-refractivity contribution in [3.8, 4) is 0 Å². The minimum absolute atomic E-state index is 0.0419. The lowest BCUT2D eigenvalue weighted by atomic mass is 9.68. The largest absolute Gasteiger partial charge is 0.352 e. The zero-order valence-corrected chi connectivity index (χ0v) is 18.4. The Hall–Kier alpha value is -0.480. The van der Waals surface area contributed by atoms with Gasteiger partial charge in [0.25, 0.3) is 6.08 Å². The molecule has 29 heavy (non-hydrogen) atoms. The van der Waals surface area contributed by atoms with Crippen molar-refractivity contribution in [3.63, 3.8) is 0 Å². The second-order valence-electron chi connectivity index (χ2n) is 9.95. The summed E-state index contributed by atoms with van der Waals surface area (Å²) in [5.74, 6) is 3.20. The molecule has 0 amide bonds. The van der Waals surface area contributed by atoms with Crippen LogP contribution in [0.1, 0.15) is 96.8 Å². The molecule has 0 aromatic carbocycles. The molecular formula is C25H42F2O2. The third-order valence-electron chi connectivity index (χ3n) is 7.80. The number of unbranched alkanes of at least 4 members (excludes halogenated alkanes) is 2. The van der Waals surface area contributed by atoms with E-state index in [1.807, 2.05) is 0 Å². The zero-order chi connectivity index (χ0) is 20.5. The van der Waals surface area contributed by atoms with Crippen LogP contribution in [0.25, 0.3) is 0 Å². The van der Waals surface area contributed by atoms with Gasteiger partial charge in [-0.25, -0.2) is 0 Å². The van der Waals surface area contributed by atoms with Crippen LogP contribution in [0.4, 0.5) is 8.78 Å². The Morgan fingerprint density at radius 1 is 0.759 bits per heavy atom. The van der Waals surface area contributed by atoms with Gasteiger partial charge in [0, 0.05) is 5.92 Å². The van der Waals surface area contributed by atoms with Gasteiger partial charge >= 0.3 is 0 Å². The molecule has 3 rings (SSSR count). The fourth-order valence-electron chi connectivity index (χ4n) is 5.86. The van der Waals surface area contributed by atoms with Gasteiger partial charge in [-0.05, 0) is 87.5 Å². The molecular weight excluding hydrogens is 370 g/mol. The number of allylic oxidation sites excluding steroid dienone is 1. The van der Waals surface area contributed by atoms with Crippen molar-refractivity contribution >= 4 is 0 Å². The predicted octanol–water partition coefficient (Wildman–Crippen LogP) is 7.73. The molecule has 0 aromatic rings. The molecule has 168 valence electrons. The van der Waals surface area contributed by atoms with Crippen LogP contribution < -0.4 is 0 Å². The van der Waals surface area contributed by atoms with Crippen molar-refractivity contribution in [2.45, 2.75) is 103 Å². The Morgan fingerprint density at radius 2 is 1.34 bits per heavy atom. The van der Waals surface area contributed by atoms with Crippen molar-refractivity contribution in [3.05, 3.63) is 12.2 Å². The maximum absolute atomic E-state index is 12.4. The molecule has 0 radical (unpaired) electrons. The van der Waals surface area contributed by atoms with Gasteiger partial charge in [-0.2, -0.15) is 8.78 Å². The maximum atomic E-state index is 12.4. The molecule has 3 fully saturated rings. The minimum Gasteiger partial charge on any atom is -0.352 e. The standard InChI is InChI=1S/C25H42F2O2/c1-2-3-4-5-25-28-17-21(18-29-25)7-6-19-8-12-22(13-9-19)23-14-10-20(11-15-23)16-24(26)27/h16,19-23,25H,2-15,17-18H2,1H3. The number of rotatable bonds is 9. The maximum Gasteiger partial charge on any atom is 0.266 e. The van der Waals surface area contributed by atoms with Gasteiger partial charge in [0.2, 0.25) is 0 Å². The van der Waals surface area contributed by atoms with Crippen molar-refractivity contribution in [2.24, 2.45) is 29.6 Å². The van der Waals surface area contributed by atoms with Crippen LogP contribution in [0.2, 0.25) is 0 Å². The van der Waals surface area contributed by atoms with E-state index < -0.39 is 6.08 Å². The molecule has 0 aromatic heterocycles. The second-order valence-corrected chi connectivity index (χ2v) is 9.95. The predicted molar refractivity (Wildman–Crippen MR) is 114 cm³/mol. The Bertz CT molecular complexity index is 467. The van der Waals surface area contributed by atoms with Crippen LogP contribution in [-0.4, -0.2) is 19.5 Å². The van der Waals surface area contributed by atoms with E-state index in [0.29, 0.717) is 5.92 Å². The lowest BCUT2D eigenvalue weighted by Gasteiger charge is -2.38. The van der Waals surface area contributed by atoms with Crippen LogP contribution >= 0.6 is 0 Å². The van der Waals surface area contributed by atoms with E-state index in [0.717, 1.165) is 63.1 Å². The monoisotopic (exact) mass is 412 g/mol. The van der Waals surface area contributed by atoms with Crippen LogP contribution in [0.5, 0.6) is 0 Å². The normalized spacial score (nSPS) is 36.0. The van der Waals surface area contributed by atoms with Gasteiger partial charge in [0.05, 0.1) is 13.2 Å². The molecule has 0 bridgehead atoms. The van der Waals surface area contributed by atoms with E-state index in [9.17, 15) is 8.78 Å². The van der Waals surface area contributed by atoms with Gasteiger partial charge in [-0.1, -0.05) is 39.0 Å². The summed E-state index contributed by atoms with van der Waals surface area (Å²) in [6.07, 6.45) is 16.7. The van der Waals surface area contributed by atoms with Crippen LogP contribution in [0.15, 0.2) is 12.2 Å². The van der Waals surface area contributed by atoms with E-state index in [4.69, 9.17) is 9.47 Å². The highest BCUT2D eigenvalue weighted by Crippen LogP contribution is 2.43. The molecule has 2 saturated carbocycles. The molecule has 1 aliphatic heterocycles. The molecule has 0 N–H and O–H groups in total. The third kappa shape index (κ3) is 7.94. The first-order valence-electron chi connectivity index (χ1n) is 12.4. The lowest BCUT2D eigenvalue weighted by Crippen LogP contribution is -2.32. The second kappa shape index (κ2) is 12.4. The number of ether oxygens (including phenoxy) is 2. The summed E-state index contributed by atoms with van der Waals surface area (Å²) in [6, 6.07) is 0. The Kier molecular flexibility index (Phi) is 9.91. The van der Waals surface area contributed by atoms with Crippen molar-refractivity contribution in [1.29, 1.82) is 0 Å². The quantitative estimate of drug-likeness (QED) is 0.361. The average Bonchev–Trinajstić information content (AvgIpc) is 2.74. The average molecular weight is 413 g/mol. The van der Waals surface area contributed by atoms with Crippen molar-refractivity contribution in [1.82, 2.24) is 0 Å². The first-order valence-corrected chi connectivity index (χ1v) is 12.4. The first kappa shape index (κ1) is 23.2. The summed E-state index contributed by atoms with van der Waals surface area (Å²) in [6.45, 7) is 3.98. The molecule has 3 aliphatic rings. The van der Waals surface area contributed by atoms with Crippen LogP contribution in [-0.2, 0) is 9.47 Å². The Balaban J connectivity index is 1.26. The van der Waals surface area contributed by atoms with Gasteiger partial charge < -0.3 is 9.47 Å². The van der Waals surface area contributed by atoms with Gasteiger partial charge in [0.15, 0.2) is 6.29 Å². The lowest BCUT2D eigenvalue weighted by molar-refractivity contribution is -0.204. The molecule has 2 aliphatic carbocycles. The Labute approximate surface area is 176 Å². The van der Waals surface area contributed by atoms with Gasteiger partial charge in [-0.15, -0.1) is 0 Å². The number of hydrogen-bond acceptors (Lipinski definition) is 2. The molecule has 0 spiro atoms.